The monoisotopic (exact) mass is 269 g/mol. The summed E-state index contributed by atoms with van der Waals surface area (Å²) in [6, 6.07) is 4.63. The van der Waals surface area contributed by atoms with Crippen LogP contribution in [0.3, 0.4) is 0 Å². The van der Waals surface area contributed by atoms with Crippen molar-refractivity contribution in [1.82, 2.24) is 5.32 Å². The predicted molar refractivity (Wildman–Crippen MR) is 71.2 cm³/mol. The molecule has 2 amide bonds. The number of benzene rings is 1. The highest BCUT2D eigenvalue weighted by atomic mass is 35.5. The third-order valence-corrected chi connectivity index (χ3v) is 2.85. The van der Waals surface area contributed by atoms with E-state index in [0.29, 0.717) is 10.7 Å². The number of halogens is 1. The topological polar surface area (TPSA) is 98.2 Å². The van der Waals surface area contributed by atoms with Gasteiger partial charge in [-0.1, -0.05) is 11.6 Å². The molecule has 0 fully saturated rings. The minimum Gasteiger partial charge on any atom is -0.398 e. The molecule has 5 N–H and O–H groups in total. The SMILES string of the molecule is CC(C)(CNC(=O)c1cc(Cl)ccc1N)C(N)=O. The first-order chi connectivity index (χ1) is 8.24. The van der Waals surface area contributed by atoms with E-state index >= 15 is 0 Å². The molecule has 0 unspecified atom stereocenters. The molecular weight excluding hydrogens is 254 g/mol. The molecule has 0 aliphatic heterocycles. The third-order valence-electron chi connectivity index (χ3n) is 2.62. The molecule has 0 saturated heterocycles. The molecule has 0 atom stereocenters. The van der Waals surface area contributed by atoms with Crippen LogP contribution in [0.4, 0.5) is 5.69 Å². The van der Waals surface area contributed by atoms with E-state index in [1.807, 2.05) is 0 Å². The van der Waals surface area contributed by atoms with Gasteiger partial charge in [0.1, 0.15) is 0 Å². The highest BCUT2D eigenvalue weighted by Crippen LogP contribution is 2.18. The Morgan fingerprint density at radius 3 is 2.56 bits per heavy atom. The number of nitrogen functional groups attached to an aromatic ring is 1. The normalized spacial score (nSPS) is 11.1. The lowest BCUT2D eigenvalue weighted by Gasteiger charge is -2.20. The van der Waals surface area contributed by atoms with Crippen LogP contribution in [0.1, 0.15) is 24.2 Å². The van der Waals surface area contributed by atoms with Crippen LogP contribution < -0.4 is 16.8 Å². The summed E-state index contributed by atoms with van der Waals surface area (Å²) < 4.78 is 0. The first-order valence-electron chi connectivity index (χ1n) is 5.37. The summed E-state index contributed by atoms with van der Waals surface area (Å²) in [5, 5.41) is 3.03. The molecule has 0 aromatic heterocycles. The lowest BCUT2D eigenvalue weighted by atomic mass is 9.92. The Morgan fingerprint density at radius 1 is 1.39 bits per heavy atom. The number of carbonyl (C=O) groups excluding carboxylic acids is 2. The Balaban J connectivity index is 2.78. The summed E-state index contributed by atoms with van der Waals surface area (Å²) in [4.78, 5) is 23.0. The van der Waals surface area contributed by atoms with Crippen molar-refractivity contribution in [2.75, 3.05) is 12.3 Å². The van der Waals surface area contributed by atoms with Gasteiger partial charge in [-0.2, -0.15) is 0 Å². The number of amides is 2. The Morgan fingerprint density at radius 2 is 2.00 bits per heavy atom. The van der Waals surface area contributed by atoms with Crippen LogP contribution in [0.5, 0.6) is 0 Å². The molecule has 0 heterocycles. The van der Waals surface area contributed by atoms with E-state index in [1.54, 1.807) is 26.0 Å². The van der Waals surface area contributed by atoms with Crippen molar-refractivity contribution in [3.8, 4) is 0 Å². The first-order valence-corrected chi connectivity index (χ1v) is 5.75. The number of hydrogen-bond acceptors (Lipinski definition) is 3. The molecular formula is C12H16ClN3O2. The summed E-state index contributed by atoms with van der Waals surface area (Å²) in [5.41, 5.74) is 10.7. The maximum Gasteiger partial charge on any atom is 0.253 e. The molecule has 5 nitrogen and oxygen atoms in total. The number of anilines is 1. The van der Waals surface area contributed by atoms with Crippen molar-refractivity contribution in [2.24, 2.45) is 11.1 Å². The van der Waals surface area contributed by atoms with Crippen molar-refractivity contribution in [1.29, 1.82) is 0 Å². The number of hydrogen-bond donors (Lipinski definition) is 3. The molecule has 0 bridgehead atoms. The fraction of sp³-hybridized carbons (Fsp3) is 0.333. The van der Waals surface area contributed by atoms with Gasteiger partial charge in [-0.3, -0.25) is 9.59 Å². The second kappa shape index (κ2) is 5.27. The Kier molecular flexibility index (Phi) is 4.19. The molecule has 18 heavy (non-hydrogen) atoms. The molecule has 6 heteroatoms. The molecule has 0 aliphatic carbocycles. The summed E-state index contributed by atoms with van der Waals surface area (Å²) in [6.45, 7) is 3.43. The second-order valence-corrected chi connectivity index (χ2v) is 5.10. The largest absolute Gasteiger partial charge is 0.398 e. The molecule has 1 rings (SSSR count). The van der Waals surface area contributed by atoms with Gasteiger partial charge in [-0.05, 0) is 32.0 Å². The average Bonchev–Trinajstić information content (AvgIpc) is 2.29. The molecule has 0 saturated carbocycles. The van der Waals surface area contributed by atoms with Crippen molar-refractivity contribution < 1.29 is 9.59 Å². The van der Waals surface area contributed by atoms with Crippen LogP contribution in [0.15, 0.2) is 18.2 Å². The zero-order chi connectivity index (χ0) is 13.9. The summed E-state index contributed by atoms with van der Waals surface area (Å²) in [5.74, 6) is -0.869. The quantitative estimate of drug-likeness (QED) is 0.716. The van der Waals surface area contributed by atoms with Gasteiger partial charge in [0.05, 0.1) is 11.0 Å². The number of nitrogens with one attached hydrogen (secondary N) is 1. The summed E-state index contributed by atoms with van der Waals surface area (Å²) in [6.07, 6.45) is 0. The number of carbonyl (C=O) groups is 2. The number of nitrogens with two attached hydrogens (primary N) is 2. The van der Waals surface area contributed by atoms with E-state index in [9.17, 15) is 9.59 Å². The van der Waals surface area contributed by atoms with Crippen LogP contribution >= 0.6 is 11.6 Å². The average molecular weight is 270 g/mol. The smallest absolute Gasteiger partial charge is 0.253 e. The zero-order valence-corrected chi connectivity index (χ0v) is 11.0. The van der Waals surface area contributed by atoms with Crippen LogP contribution in [-0.4, -0.2) is 18.4 Å². The molecule has 0 aliphatic rings. The fourth-order valence-corrected chi connectivity index (χ4v) is 1.38. The number of primary amides is 1. The van der Waals surface area contributed by atoms with Gasteiger partial charge in [-0.15, -0.1) is 0 Å². The minimum absolute atomic E-state index is 0.132. The van der Waals surface area contributed by atoms with Gasteiger partial charge in [0, 0.05) is 17.3 Å². The maximum absolute atomic E-state index is 11.9. The Hall–Kier alpha value is -1.75. The van der Waals surface area contributed by atoms with Gasteiger partial charge < -0.3 is 16.8 Å². The van der Waals surface area contributed by atoms with E-state index in [-0.39, 0.29) is 18.0 Å². The maximum atomic E-state index is 11.9. The van der Waals surface area contributed by atoms with Gasteiger partial charge in [0.25, 0.3) is 5.91 Å². The van der Waals surface area contributed by atoms with Crippen molar-refractivity contribution >= 4 is 29.1 Å². The van der Waals surface area contributed by atoms with Crippen LogP contribution in [0, 0.1) is 5.41 Å². The van der Waals surface area contributed by atoms with E-state index in [4.69, 9.17) is 23.1 Å². The standard InChI is InChI=1S/C12H16ClN3O2/c1-12(2,11(15)18)6-16-10(17)8-5-7(13)3-4-9(8)14/h3-5H,6,14H2,1-2H3,(H2,15,18)(H,16,17). The molecule has 0 radical (unpaired) electrons. The Labute approximate surface area is 110 Å². The van der Waals surface area contributed by atoms with E-state index in [2.05, 4.69) is 5.32 Å². The van der Waals surface area contributed by atoms with Gasteiger partial charge in [0.15, 0.2) is 0 Å². The lowest BCUT2D eigenvalue weighted by molar-refractivity contribution is -0.125. The predicted octanol–water partition coefficient (Wildman–Crippen LogP) is 1.16. The summed E-state index contributed by atoms with van der Waals surface area (Å²) in [7, 11) is 0. The van der Waals surface area contributed by atoms with Crippen LogP contribution in [-0.2, 0) is 4.79 Å². The third kappa shape index (κ3) is 3.37. The minimum atomic E-state index is -0.816. The molecule has 1 aromatic rings. The second-order valence-electron chi connectivity index (χ2n) is 4.66. The van der Waals surface area contributed by atoms with Gasteiger partial charge in [-0.25, -0.2) is 0 Å². The van der Waals surface area contributed by atoms with Crippen molar-refractivity contribution in [3.05, 3.63) is 28.8 Å². The number of rotatable bonds is 4. The highest BCUT2D eigenvalue weighted by Gasteiger charge is 2.25. The molecule has 98 valence electrons. The summed E-state index contributed by atoms with van der Waals surface area (Å²) >= 11 is 5.79. The van der Waals surface area contributed by atoms with Crippen molar-refractivity contribution in [2.45, 2.75) is 13.8 Å². The Bertz CT molecular complexity index is 486. The fourth-order valence-electron chi connectivity index (χ4n) is 1.21. The molecule has 0 spiro atoms. The van der Waals surface area contributed by atoms with Gasteiger partial charge in [0.2, 0.25) is 5.91 Å². The zero-order valence-electron chi connectivity index (χ0n) is 10.3. The van der Waals surface area contributed by atoms with E-state index in [0.717, 1.165) is 0 Å². The van der Waals surface area contributed by atoms with Crippen LogP contribution in [0.2, 0.25) is 5.02 Å². The van der Waals surface area contributed by atoms with Crippen molar-refractivity contribution in [3.63, 3.8) is 0 Å². The first kappa shape index (κ1) is 14.3. The lowest BCUT2D eigenvalue weighted by Crippen LogP contribution is -2.42. The van der Waals surface area contributed by atoms with Gasteiger partial charge >= 0.3 is 0 Å². The molecule has 1 aromatic carbocycles. The van der Waals surface area contributed by atoms with E-state index < -0.39 is 11.3 Å². The van der Waals surface area contributed by atoms with Crippen LogP contribution in [0.25, 0.3) is 0 Å². The van der Waals surface area contributed by atoms with E-state index in [1.165, 1.54) is 6.07 Å². The highest BCUT2D eigenvalue weighted by molar-refractivity contribution is 6.31.